The molecule has 14 nitrogen and oxygen atoms in total. The molecule has 2 aliphatic carbocycles. The highest BCUT2D eigenvalue weighted by Gasteiger charge is 2.33. The molecule has 3 aliphatic heterocycles. The second-order valence-corrected chi connectivity index (χ2v) is 17.8. The quantitative estimate of drug-likeness (QED) is 0.146. The predicted octanol–water partition coefficient (Wildman–Crippen LogP) is 6.68. The van der Waals surface area contributed by atoms with Gasteiger partial charge in [0.25, 0.3) is 5.91 Å². The van der Waals surface area contributed by atoms with E-state index in [1.807, 2.05) is 35.2 Å². The van der Waals surface area contributed by atoms with Crippen LogP contribution in [0.15, 0.2) is 73.1 Å². The number of benzene rings is 2. The molecule has 4 N–H and O–H groups in total. The molecule has 6 heterocycles. The first-order chi connectivity index (χ1) is 29.8. The summed E-state index contributed by atoms with van der Waals surface area (Å²) in [6, 6.07) is 19.4. The van der Waals surface area contributed by atoms with Crippen LogP contribution in [0.4, 0.5) is 22.0 Å². The minimum Gasteiger partial charge on any atom is -0.507 e. The molecule has 0 radical (unpaired) electrons. The predicted molar refractivity (Wildman–Crippen MR) is 235 cm³/mol. The van der Waals surface area contributed by atoms with Crippen molar-refractivity contribution in [2.75, 3.05) is 67.9 Å². The molecule has 2 saturated carbocycles. The minimum absolute atomic E-state index is 0.101. The third kappa shape index (κ3) is 8.01. The lowest BCUT2D eigenvalue weighted by Gasteiger charge is -2.38. The summed E-state index contributed by atoms with van der Waals surface area (Å²) in [7, 11) is 0. The van der Waals surface area contributed by atoms with Crippen LogP contribution in [-0.4, -0.2) is 105 Å². The lowest BCUT2D eigenvalue weighted by Crippen LogP contribution is -2.50. The largest absolute Gasteiger partial charge is 0.507 e. The maximum Gasteiger partial charge on any atom is 0.328 e. The molecular formula is C47H54N10O4. The summed E-state index contributed by atoms with van der Waals surface area (Å²) in [6.07, 6.45) is 13.4. The Morgan fingerprint density at radius 3 is 2.39 bits per heavy atom. The van der Waals surface area contributed by atoms with Gasteiger partial charge in [-0.15, -0.1) is 10.2 Å². The summed E-state index contributed by atoms with van der Waals surface area (Å²) in [4.78, 5) is 51.4. The summed E-state index contributed by atoms with van der Waals surface area (Å²) < 4.78 is 2.41. The normalized spacial score (nSPS) is 22.8. The lowest BCUT2D eigenvalue weighted by molar-refractivity contribution is -0.120. The van der Waals surface area contributed by atoms with E-state index >= 15 is 0 Å². The van der Waals surface area contributed by atoms with Crippen molar-refractivity contribution < 1.29 is 19.5 Å². The molecule has 3 aromatic heterocycles. The number of nitrogens with one attached hydrogen (secondary N) is 1. The van der Waals surface area contributed by atoms with Gasteiger partial charge in [0.1, 0.15) is 11.4 Å². The number of piperazine rings is 1. The van der Waals surface area contributed by atoms with E-state index in [0.29, 0.717) is 47.9 Å². The Morgan fingerprint density at radius 1 is 0.852 bits per heavy atom. The molecule has 5 fully saturated rings. The monoisotopic (exact) mass is 822 g/mol. The van der Waals surface area contributed by atoms with Gasteiger partial charge in [0, 0.05) is 93.4 Å². The van der Waals surface area contributed by atoms with Crippen molar-refractivity contribution in [3.8, 4) is 17.0 Å². The first-order valence-corrected chi connectivity index (χ1v) is 22.2. The van der Waals surface area contributed by atoms with Crippen LogP contribution in [0, 0.1) is 5.92 Å². The number of urea groups is 1. The Balaban J connectivity index is 0.713. The van der Waals surface area contributed by atoms with E-state index in [1.165, 1.54) is 36.8 Å². The van der Waals surface area contributed by atoms with Gasteiger partial charge in [-0.25, -0.2) is 9.78 Å². The number of fused-ring (bicyclic) bond motifs is 1. The van der Waals surface area contributed by atoms with Crippen molar-refractivity contribution in [3.05, 3.63) is 89.7 Å². The number of nitrogens with zero attached hydrogens (tertiary/aromatic N) is 8. The van der Waals surface area contributed by atoms with Crippen LogP contribution in [0.1, 0.15) is 97.1 Å². The molecule has 3 saturated heterocycles. The smallest absolute Gasteiger partial charge is 0.328 e. The lowest BCUT2D eigenvalue weighted by atomic mass is 9.85. The summed E-state index contributed by atoms with van der Waals surface area (Å²) in [5, 5.41) is 22.5. The Morgan fingerprint density at radius 2 is 1.64 bits per heavy atom. The molecule has 5 aliphatic rings. The van der Waals surface area contributed by atoms with Crippen LogP contribution in [0.5, 0.6) is 5.75 Å². The molecular weight excluding hydrogens is 769 g/mol. The number of imide groups is 1. The van der Waals surface area contributed by atoms with Crippen molar-refractivity contribution in [1.82, 2.24) is 34.9 Å². The molecule has 316 valence electrons. The number of phenols is 1. The Bertz CT molecular complexity index is 2450. The number of amides is 4. The van der Waals surface area contributed by atoms with E-state index in [4.69, 9.17) is 10.7 Å². The Hall–Kier alpha value is -6.02. The number of aromatic hydroxyl groups is 1. The highest BCUT2D eigenvalue weighted by atomic mass is 16.3. The number of nitrogen functional groups attached to an aromatic ring is 1. The molecule has 2 aromatic carbocycles. The highest BCUT2D eigenvalue weighted by Crippen LogP contribution is 2.46. The van der Waals surface area contributed by atoms with Crippen LogP contribution in [-0.2, 0) is 4.79 Å². The van der Waals surface area contributed by atoms with E-state index in [0.717, 1.165) is 99.5 Å². The molecule has 0 spiro atoms. The Kier molecular flexibility index (Phi) is 10.6. The average Bonchev–Trinajstić information content (AvgIpc) is 4.07. The van der Waals surface area contributed by atoms with Gasteiger partial charge in [-0.2, -0.15) is 0 Å². The molecule has 0 unspecified atom stereocenters. The minimum atomic E-state index is -0.375. The first kappa shape index (κ1) is 39.1. The number of phenolic OH excluding ortho intramolecular Hbond substituents is 1. The molecule has 5 aromatic rings. The third-order valence-corrected chi connectivity index (χ3v) is 13.8. The van der Waals surface area contributed by atoms with Crippen molar-refractivity contribution in [2.45, 2.75) is 75.7 Å². The van der Waals surface area contributed by atoms with Crippen LogP contribution in [0.2, 0.25) is 0 Å². The number of rotatable bonds is 9. The second kappa shape index (κ2) is 16.4. The van der Waals surface area contributed by atoms with Gasteiger partial charge in [0.05, 0.1) is 23.3 Å². The number of nitrogens with two attached hydrogens (primary N) is 1. The van der Waals surface area contributed by atoms with Crippen LogP contribution in [0.3, 0.4) is 0 Å². The van der Waals surface area contributed by atoms with Crippen LogP contribution >= 0.6 is 0 Å². The van der Waals surface area contributed by atoms with Gasteiger partial charge in [0.15, 0.2) is 5.82 Å². The fourth-order valence-electron chi connectivity index (χ4n) is 10.2. The maximum atomic E-state index is 13.7. The molecule has 14 heteroatoms. The number of carbonyl (C=O) groups is 3. The van der Waals surface area contributed by atoms with Gasteiger partial charge in [0.2, 0.25) is 5.91 Å². The Labute approximate surface area is 355 Å². The highest BCUT2D eigenvalue weighted by molar-refractivity contribution is 6.06. The van der Waals surface area contributed by atoms with E-state index < -0.39 is 0 Å². The number of hydrogen-bond acceptors (Lipinski definition) is 10. The summed E-state index contributed by atoms with van der Waals surface area (Å²) in [5.74, 6) is 1.88. The number of para-hydroxylation sites is 1. The molecule has 4 amide bonds. The van der Waals surface area contributed by atoms with Gasteiger partial charge in [-0.3, -0.25) is 24.7 Å². The zero-order valence-electron chi connectivity index (χ0n) is 34.6. The topological polar surface area (TPSA) is 166 Å². The number of pyridine rings is 1. The van der Waals surface area contributed by atoms with Crippen LogP contribution in [0.25, 0.3) is 22.3 Å². The summed E-state index contributed by atoms with van der Waals surface area (Å²) in [6.45, 7) is 6.34. The van der Waals surface area contributed by atoms with E-state index in [9.17, 15) is 19.5 Å². The number of carbonyl (C=O) groups excluding carboxylic acids is 3. The third-order valence-electron chi connectivity index (χ3n) is 13.8. The second-order valence-electron chi connectivity index (χ2n) is 17.8. The molecule has 1 atom stereocenters. The fourth-order valence-corrected chi connectivity index (χ4v) is 10.2. The number of anilines is 3. The van der Waals surface area contributed by atoms with E-state index in [2.05, 4.69) is 54.3 Å². The first-order valence-electron chi connectivity index (χ1n) is 22.2. The fraction of sp³-hybridized carbons (Fsp3) is 0.447. The zero-order valence-corrected chi connectivity index (χ0v) is 34.6. The van der Waals surface area contributed by atoms with Crippen LogP contribution < -0.4 is 20.9 Å². The maximum absolute atomic E-state index is 13.7. The van der Waals surface area contributed by atoms with Crippen molar-refractivity contribution in [1.29, 1.82) is 0 Å². The number of aromatic nitrogens is 4. The van der Waals surface area contributed by atoms with E-state index in [1.54, 1.807) is 23.2 Å². The van der Waals surface area contributed by atoms with Gasteiger partial charge < -0.3 is 25.2 Å². The van der Waals surface area contributed by atoms with Gasteiger partial charge >= 0.3 is 6.03 Å². The van der Waals surface area contributed by atoms with Crippen molar-refractivity contribution in [3.63, 3.8) is 0 Å². The van der Waals surface area contributed by atoms with Gasteiger partial charge in [-0.1, -0.05) is 24.3 Å². The van der Waals surface area contributed by atoms with E-state index in [-0.39, 0.29) is 29.5 Å². The SMILES string of the molecule is Nc1nnc(-c2ccccc2O)cc1N1CCC[C@H](c2ccc(C(=O)N3CCN(CC4CCC(n5cc(C6CC6)c6cc(N7CCC(=O)NC7=O)cnc65)CC4)CC3)cc2)C1. The standard InChI is InChI=1S/C47H54N10O4/c48-44-41(25-40(51-52-44)37-5-1-2-6-42(37)58)55-18-3-4-34(28-55)31-9-13-33(14-10-31)46(60)54-22-20-53(21-23-54)27-30-7-15-35(16-8-30)57-29-39(32-11-12-32)38-24-36(26-49-45(38)57)56-19-17-43(59)50-47(56)61/h1-2,5-6,9-10,13-14,24-26,29-30,32,34-35,58H,3-4,7-8,11-12,15-23,27-28H2,(H2,48,52)(H,50,59,61)/t30?,34-,35?/m0/s1. The average molecular weight is 823 g/mol. The summed E-state index contributed by atoms with van der Waals surface area (Å²) in [5.41, 5.74) is 13.4. The van der Waals surface area contributed by atoms with Gasteiger partial charge in [-0.05, 0) is 111 Å². The van der Waals surface area contributed by atoms with Crippen molar-refractivity contribution in [2.24, 2.45) is 5.92 Å². The number of hydrogen-bond donors (Lipinski definition) is 3. The zero-order chi connectivity index (χ0) is 41.6. The molecule has 0 bridgehead atoms. The molecule has 61 heavy (non-hydrogen) atoms. The number of piperidine rings is 1. The van der Waals surface area contributed by atoms with Crippen molar-refractivity contribution >= 4 is 46.1 Å². The molecule has 10 rings (SSSR count). The summed E-state index contributed by atoms with van der Waals surface area (Å²) >= 11 is 0.